The SMILES string of the molecule is Cc1cccc(-c2nc(C)cc(N3CCN(C(=O)c4ccc(Cl)cc4)CC3)n2)c1. The van der Waals surface area contributed by atoms with Gasteiger partial charge in [-0.2, -0.15) is 0 Å². The molecule has 2 heterocycles. The maximum absolute atomic E-state index is 12.7. The number of piperazine rings is 1. The molecule has 5 nitrogen and oxygen atoms in total. The average Bonchev–Trinajstić information content (AvgIpc) is 2.73. The molecule has 2 aromatic carbocycles. The highest BCUT2D eigenvalue weighted by Gasteiger charge is 2.23. The largest absolute Gasteiger partial charge is 0.353 e. The van der Waals surface area contributed by atoms with Crippen molar-refractivity contribution in [3.05, 3.63) is 76.4 Å². The molecule has 6 heteroatoms. The van der Waals surface area contributed by atoms with Crippen LogP contribution in [0.2, 0.25) is 5.02 Å². The summed E-state index contributed by atoms with van der Waals surface area (Å²) in [5, 5.41) is 0.634. The lowest BCUT2D eigenvalue weighted by molar-refractivity contribution is 0.0746. The molecular formula is C23H23ClN4O. The van der Waals surface area contributed by atoms with Crippen LogP contribution in [0.15, 0.2) is 54.6 Å². The van der Waals surface area contributed by atoms with Crippen LogP contribution in [0.3, 0.4) is 0 Å². The van der Waals surface area contributed by atoms with Crippen LogP contribution in [0.25, 0.3) is 11.4 Å². The van der Waals surface area contributed by atoms with Crippen molar-refractivity contribution in [2.75, 3.05) is 31.1 Å². The minimum Gasteiger partial charge on any atom is -0.353 e. The number of carbonyl (C=O) groups excluding carboxylic acids is 1. The molecule has 0 N–H and O–H groups in total. The van der Waals surface area contributed by atoms with Crippen LogP contribution >= 0.6 is 11.6 Å². The minimum absolute atomic E-state index is 0.0423. The summed E-state index contributed by atoms with van der Waals surface area (Å²) in [5.74, 6) is 1.69. The van der Waals surface area contributed by atoms with E-state index in [1.54, 1.807) is 24.3 Å². The van der Waals surface area contributed by atoms with E-state index in [4.69, 9.17) is 16.6 Å². The van der Waals surface area contributed by atoms with Gasteiger partial charge in [0, 0.05) is 54.1 Å². The van der Waals surface area contributed by atoms with E-state index in [2.05, 4.69) is 28.9 Å². The topological polar surface area (TPSA) is 49.3 Å². The van der Waals surface area contributed by atoms with Crippen LogP contribution in [0, 0.1) is 13.8 Å². The van der Waals surface area contributed by atoms with Crippen molar-refractivity contribution >= 4 is 23.3 Å². The molecule has 1 aromatic heterocycles. The van der Waals surface area contributed by atoms with E-state index >= 15 is 0 Å². The van der Waals surface area contributed by atoms with Crippen LogP contribution in [-0.2, 0) is 0 Å². The summed E-state index contributed by atoms with van der Waals surface area (Å²) in [7, 11) is 0. The maximum atomic E-state index is 12.7. The van der Waals surface area contributed by atoms with Gasteiger partial charge in [0.2, 0.25) is 0 Å². The molecule has 0 spiro atoms. The highest BCUT2D eigenvalue weighted by molar-refractivity contribution is 6.30. The molecular weight excluding hydrogens is 384 g/mol. The molecule has 1 aliphatic rings. The highest BCUT2D eigenvalue weighted by atomic mass is 35.5. The molecule has 0 radical (unpaired) electrons. The summed E-state index contributed by atoms with van der Waals surface area (Å²) < 4.78 is 0. The van der Waals surface area contributed by atoms with Crippen LogP contribution in [0.1, 0.15) is 21.6 Å². The van der Waals surface area contributed by atoms with Crippen molar-refractivity contribution in [2.45, 2.75) is 13.8 Å². The molecule has 4 rings (SSSR count). The Kier molecular flexibility index (Phi) is 5.49. The number of rotatable bonds is 3. The Bertz CT molecular complexity index is 1030. The first-order valence-electron chi connectivity index (χ1n) is 9.72. The minimum atomic E-state index is 0.0423. The number of nitrogens with zero attached hydrogens (tertiary/aromatic N) is 4. The van der Waals surface area contributed by atoms with Gasteiger partial charge < -0.3 is 9.80 Å². The standard InChI is InChI=1S/C23H23ClN4O/c1-16-4-3-5-19(14-16)22-25-17(2)15-21(26-22)27-10-12-28(13-11-27)23(29)18-6-8-20(24)9-7-18/h3-9,14-15H,10-13H2,1-2H3. The van der Waals surface area contributed by atoms with Crippen molar-refractivity contribution in [3.63, 3.8) is 0 Å². The van der Waals surface area contributed by atoms with Crippen molar-refractivity contribution in [3.8, 4) is 11.4 Å². The monoisotopic (exact) mass is 406 g/mol. The number of hydrogen-bond donors (Lipinski definition) is 0. The Hall–Kier alpha value is -2.92. The zero-order valence-corrected chi connectivity index (χ0v) is 17.4. The Morgan fingerprint density at radius 3 is 2.34 bits per heavy atom. The van der Waals surface area contributed by atoms with Gasteiger partial charge in [0.05, 0.1) is 0 Å². The highest BCUT2D eigenvalue weighted by Crippen LogP contribution is 2.22. The zero-order chi connectivity index (χ0) is 20.4. The number of anilines is 1. The number of benzene rings is 2. The van der Waals surface area contributed by atoms with E-state index in [1.165, 1.54) is 5.56 Å². The third kappa shape index (κ3) is 4.40. The molecule has 148 valence electrons. The molecule has 0 unspecified atom stereocenters. The van der Waals surface area contributed by atoms with Crippen LogP contribution in [0.4, 0.5) is 5.82 Å². The van der Waals surface area contributed by atoms with Gasteiger partial charge in [-0.3, -0.25) is 4.79 Å². The van der Waals surface area contributed by atoms with E-state index in [1.807, 2.05) is 30.0 Å². The van der Waals surface area contributed by atoms with Crippen molar-refractivity contribution in [1.82, 2.24) is 14.9 Å². The fourth-order valence-corrected chi connectivity index (χ4v) is 3.67. The molecule has 1 fully saturated rings. The molecule has 0 saturated carbocycles. The zero-order valence-electron chi connectivity index (χ0n) is 16.6. The Morgan fingerprint density at radius 2 is 1.66 bits per heavy atom. The maximum Gasteiger partial charge on any atom is 0.253 e. The summed E-state index contributed by atoms with van der Waals surface area (Å²) in [5.41, 5.74) is 3.81. The Morgan fingerprint density at radius 1 is 0.931 bits per heavy atom. The second kappa shape index (κ2) is 8.21. The number of hydrogen-bond acceptors (Lipinski definition) is 4. The van der Waals surface area contributed by atoms with Gasteiger partial charge in [0.25, 0.3) is 5.91 Å². The predicted molar refractivity (Wildman–Crippen MR) is 117 cm³/mol. The van der Waals surface area contributed by atoms with E-state index in [-0.39, 0.29) is 5.91 Å². The number of aromatic nitrogens is 2. The van der Waals surface area contributed by atoms with Gasteiger partial charge in [0.15, 0.2) is 5.82 Å². The van der Waals surface area contributed by atoms with Gasteiger partial charge in [-0.25, -0.2) is 9.97 Å². The van der Waals surface area contributed by atoms with Crippen LogP contribution in [0.5, 0.6) is 0 Å². The van der Waals surface area contributed by atoms with Crippen molar-refractivity contribution in [2.24, 2.45) is 0 Å². The van der Waals surface area contributed by atoms with Crippen molar-refractivity contribution in [1.29, 1.82) is 0 Å². The van der Waals surface area contributed by atoms with E-state index in [9.17, 15) is 4.79 Å². The molecule has 1 aliphatic heterocycles. The van der Waals surface area contributed by atoms with E-state index < -0.39 is 0 Å². The number of halogens is 1. The molecule has 1 saturated heterocycles. The van der Waals surface area contributed by atoms with Gasteiger partial charge in [-0.1, -0.05) is 35.4 Å². The van der Waals surface area contributed by atoms with Crippen molar-refractivity contribution < 1.29 is 4.79 Å². The van der Waals surface area contributed by atoms with Gasteiger partial charge in [0.1, 0.15) is 5.82 Å². The molecule has 0 atom stereocenters. The number of amides is 1. The summed E-state index contributed by atoms with van der Waals surface area (Å²) >= 11 is 5.92. The van der Waals surface area contributed by atoms with E-state index in [0.717, 1.165) is 36.0 Å². The summed E-state index contributed by atoms with van der Waals surface area (Å²) in [6.07, 6.45) is 0. The second-order valence-corrected chi connectivity index (χ2v) is 7.78. The predicted octanol–water partition coefficient (Wildman–Crippen LogP) is 4.38. The average molecular weight is 407 g/mol. The first-order valence-corrected chi connectivity index (χ1v) is 10.1. The van der Waals surface area contributed by atoms with Gasteiger partial charge >= 0.3 is 0 Å². The second-order valence-electron chi connectivity index (χ2n) is 7.35. The summed E-state index contributed by atoms with van der Waals surface area (Å²) in [6, 6.07) is 17.3. The lowest BCUT2D eigenvalue weighted by atomic mass is 10.1. The third-order valence-electron chi connectivity index (χ3n) is 5.10. The molecule has 3 aromatic rings. The lowest BCUT2D eigenvalue weighted by Gasteiger charge is -2.35. The summed E-state index contributed by atoms with van der Waals surface area (Å²) in [6.45, 7) is 6.85. The summed E-state index contributed by atoms with van der Waals surface area (Å²) in [4.78, 5) is 26.2. The number of carbonyl (C=O) groups is 1. The quantitative estimate of drug-likeness (QED) is 0.647. The van der Waals surface area contributed by atoms with Gasteiger partial charge in [-0.15, -0.1) is 0 Å². The fourth-order valence-electron chi connectivity index (χ4n) is 3.54. The first kappa shape index (κ1) is 19.4. The Balaban J connectivity index is 1.48. The molecule has 0 aliphatic carbocycles. The van der Waals surface area contributed by atoms with E-state index in [0.29, 0.717) is 23.7 Å². The number of aryl methyl sites for hydroxylation is 2. The lowest BCUT2D eigenvalue weighted by Crippen LogP contribution is -2.49. The molecule has 29 heavy (non-hydrogen) atoms. The fraction of sp³-hybridized carbons (Fsp3) is 0.261. The van der Waals surface area contributed by atoms with Crippen LogP contribution < -0.4 is 4.90 Å². The Labute approximate surface area is 176 Å². The first-order chi connectivity index (χ1) is 14.0. The molecule has 0 bridgehead atoms. The smallest absolute Gasteiger partial charge is 0.253 e. The van der Waals surface area contributed by atoms with Gasteiger partial charge in [-0.05, 0) is 44.2 Å². The normalized spacial score (nSPS) is 14.2. The van der Waals surface area contributed by atoms with Crippen LogP contribution in [-0.4, -0.2) is 47.0 Å². The molecule has 1 amide bonds. The third-order valence-corrected chi connectivity index (χ3v) is 5.35.